The van der Waals surface area contributed by atoms with Gasteiger partial charge in [-0.15, -0.1) is 0 Å². The van der Waals surface area contributed by atoms with E-state index < -0.39 is 10.0 Å². The third-order valence-electron chi connectivity index (χ3n) is 3.20. The number of hydrogen-bond acceptors (Lipinski definition) is 4. The highest BCUT2D eigenvalue weighted by molar-refractivity contribution is 7.89. The van der Waals surface area contributed by atoms with Gasteiger partial charge in [0.2, 0.25) is 10.0 Å². The van der Waals surface area contributed by atoms with Gasteiger partial charge >= 0.3 is 0 Å². The van der Waals surface area contributed by atoms with Crippen molar-refractivity contribution in [3.63, 3.8) is 0 Å². The van der Waals surface area contributed by atoms with Crippen molar-refractivity contribution in [3.8, 4) is 0 Å². The smallest absolute Gasteiger partial charge is 0.244 e. The van der Waals surface area contributed by atoms with E-state index >= 15 is 0 Å². The summed E-state index contributed by atoms with van der Waals surface area (Å²) >= 11 is 0. The van der Waals surface area contributed by atoms with Gasteiger partial charge in [0.15, 0.2) is 0 Å². The topological polar surface area (TPSA) is 62.3 Å². The van der Waals surface area contributed by atoms with Crippen LogP contribution in [0.25, 0.3) is 0 Å². The van der Waals surface area contributed by atoms with Crippen LogP contribution in [0.4, 0.5) is 5.82 Å². The Morgan fingerprint density at radius 2 is 2.38 bits per heavy atom. The van der Waals surface area contributed by atoms with E-state index in [2.05, 4.69) is 14.6 Å². The molecule has 1 atom stereocenters. The molecule has 16 heavy (non-hydrogen) atoms. The predicted octanol–water partition coefficient (Wildman–Crippen LogP) is 0.342. The molecule has 0 amide bonds. The Morgan fingerprint density at radius 3 is 3.25 bits per heavy atom. The van der Waals surface area contributed by atoms with Gasteiger partial charge in [0.1, 0.15) is 10.7 Å². The van der Waals surface area contributed by atoms with Crippen LogP contribution in [-0.2, 0) is 10.0 Å². The third kappa shape index (κ3) is 1.41. The molecule has 0 spiro atoms. The van der Waals surface area contributed by atoms with Gasteiger partial charge in [0.05, 0.1) is 0 Å². The van der Waals surface area contributed by atoms with E-state index in [1.807, 2.05) is 0 Å². The summed E-state index contributed by atoms with van der Waals surface area (Å²) in [6.07, 6.45) is 3.77. The molecule has 5 nitrogen and oxygen atoms in total. The first-order chi connectivity index (χ1) is 7.68. The normalized spacial score (nSPS) is 27.0. The maximum Gasteiger partial charge on any atom is 0.244 e. The lowest BCUT2D eigenvalue weighted by Gasteiger charge is -2.23. The highest BCUT2D eigenvalue weighted by atomic mass is 32.2. The molecule has 0 bridgehead atoms. The Labute approximate surface area is 94.5 Å². The van der Waals surface area contributed by atoms with Crippen molar-refractivity contribution in [2.45, 2.75) is 23.8 Å². The Hall–Kier alpha value is -1.14. The van der Waals surface area contributed by atoms with Gasteiger partial charge in [0, 0.05) is 25.3 Å². The molecule has 1 aromatic heterocycles. The third-order valence-corrected chi connectivity index (χ3v) is 4.64. The average Bonchev–Trinajstić information content (AvgIpc) is 2.71. The van der Waals surface area contributed by atoms with Gasteiger partial charge in [0.25, 0.3) is 0 Å². The molecule has 1 N–H and O–H groups in total. The van der Waals surface area contributed by atoms with Crippen LogP contribution in [0.2, 0.25) is 0 Å². The maximum atomic E-state index is 11.9. The molecule has 0 aliphatic carbocycles. The van der Waals surface area contributed by atoms with Gasteiger partial charge < -0.3 is 4.90 Å². The first-order valence-electron chi connectivity index (χ1n) is 5.40. The highest BCUT2D eigenvalue weighted by Gasteiger charge is 2.34. The second-order valence-corrected chi connectivity index (χ2v) is 5.90. The van der Waals surface area contributed by atoms with Crippen molar-refractivity contribution < 1.29 is 8.42 Å². The number of nitrogens with zero attached hydrogens (tertiary/aromatic N) is 2. The molecular formula is C10H13N3O2S. The number of aromatic nitrogens is 1. The van der Waals surface area contributed by atoms with Crippen LogP contribution < -0.4 is 9.62 Å². The number of anilines is 1. The van der Waals surface area contributed by atoms with Crippen molar-refractivity contribution in [1.29, 1.82) is 0 Å². The summed E-state index contributed by atoms with van der Waals surface area (Å²) in [7, 11) is -3.37. The summed E-state index contributed by atoms with van der Waals surface area (Å²) in [5.41, 5.74) is 0. The van der Waals surface area contributed by atoms with Crippen molar-refractivity contribution in [2.75, 3.05) is 18.0 Å². The number of sulfonamides is 1. The molecule has 0 unspecified atom stereocenters. The minimum absolute atomic E-state index is 0.255. The number of nitrogens with one attached hydrogen (secondary N) is 1. The predicted molar refractivity (Wildman–Crippen MR) is 59.8 cm³/mol. The molecule has 2 aliphatic heterocycles. The SMILES string of the molecule is O=S1(=O)NC[C@H]2CCCN2c2ncccc21. The van der Waals surface area contributed by atoms with Crippen molar-refractivity contribution >= 4 is 15.8 Å². The fourth-order valence-electron chi connectivity index (χ4n) is 2.42. The summed E-state index contributed by atoms with van der Waals surface area (Å²) < 4.78 is 26.5. The van der Waals surface area contributed by atoms with Crippen molar-refractivity contribution in [2.24, 2.45) is 0 Å². The summed E-state index contributed by atoms with van der Waals surface area (Å²) in [5.74, 6) is 0.606. The van der Waals surface area contributed by atoms with Gasteiger partial charge in [-0.25, -0.2) is 18.1 Å². The maximum absolute atomic E-state index is 11.9. The number of pyridine rings is 1. The van der Waals surface area contributed by atoms with E-state index in [0.717, 1.165) is 19.4 Å². The number of rotatable bonds is 0. The van der Waals surface area contributed by atoms with E-state index in [9.17, 15) is 8.42 Å². The van der Waals surface area contributed by atoms with Crippen LogP contribution in [0.5, 0.6) is 0 Å². The molecule has 2 aliphatic rings. The molecule has 1 saturated heterocycles. The number of fused-ring (bicyclic) bond motifs is 3. The zero-order valence-corrected chi connectivity index (χ0v) is 9.57. The summed E-state index contributed by atoms with van der Waals surface area (Å²) in [5, 5.41) is 0. The minimum atomic E-state index is -3.37. The molecule has 0 aromatic carbocycles. The minimum Gasteiger partial charge on any atom is -0.351 e. The Kier molecular flexibility index (Phi) is 2.15. The molecule has 3 heterocycles. The van der Waals surface area contributed by atoms with Crippen molar-refractivity contribution in [1.82, 2.24) is 9.71 Å². The molecule has 3 rings (SSSR count). The standard InChI is InChI=1S/C10H13N3O2S/c14-16(15)9-4-1-5-11-10(9)13-6-2-3-8(13)7-12-16/h1,4-5,8,12H,2-3,6-7H2/t8-/m1/s1. The van der Waals surface area contributed by atoms with E-state index in [-0.39, 0.29) is 6.04 Å². The van der Waals surface area contributed by atoms with Gasteiger partial charge in [-0.05, 0) is 25.0 Å². The van der Waals surface area contributed by atoms with E-state index in [0.29, 0.717) is 17.3 Å². The second-order valence-electron chi connectivity index (χ2n) is 4.17. The lowest BCUT2D eigenvalue weighted by Crippen LogP contribution is -2.36. The van der Waals surface area contributed by atoms with Crippen LogP contribution in [0.3, 0.4) is 0 Å². The van der Waals surface area contributed by atoms with E-state index in [1.165, 1.54) is 0 Å². The average molecular weight is 239 g/mol. The molecule has 0 saturated carbocycles. The van der Waals surface area contributed by atoms with E-state index in [4.69, 9.17) is 0 Å². The summed E-state index contributed by atoms with van der Waals surface area (Å²) in [4.78, 5) is 6.63. The number of hydrogen-bond donors (Lipinski definition) is 1. The van der Waals surface area contributed by atoms with Gasteiger partial charge in [-0.3, -0.25) is 0 Å². The Balaban J connectivity index is 2.20. The van der Waals surface area contributed by atoms with Crippen molar-refractivity contribution in [3.05, 3.63) is 18.3 Å². The zero-order chi connectivity index (χ0) is 11.2. The van der Waals surface area contributed by atoms with Crippen LogP contribution in [-0.4, -0.2) is 32.5 Å². The quantitative estimate of drug-likeness (QED) is 0.709. The summed E-state index contributed by atoms with van der Waals surface area (Å²) in [6.45, 7) is 1.38. The molecule has 1 aromatic rings. The molecular weight excluding hydrogens is 226 g/mol. The molecule has 6 heteroatoms. The largest absolute Gasteiger partial charge is 0.351 e. The van der Waals surface area contributed by atoms with Crippen LogP contribution >= 0.6 is 0 Å². The Bertz CT molecular complexity index is 515. The highest BCUT2D eigenvalue weighted by Crippen LogP contribution is 2.31. The fraction of sp³-hybridized carbons (Fsp3) is 0.500. The molecule has 1 fully saturated rings. The first-order valence-corrected chi connectivity index (χ1v) is 6.88. The first kappa shape index (κ1) is 10.0. The van der Waals surface area contributed by atoms with E-state index in [1.54, 1.807) is 18.3 Å². The zero-order valence-electron chi connectivity index (χ0n) is 8.76. The summed E-state index contributed by atoms with van der Waals surface area (Å²) in [6, 6.07) is 3.53. The Morgan fingerprint density at radius 1 is 1.50 bits per heavy atom. The van der Waals surface area contributed by atoms with Crippen LogP contribution in [0.15, 0.2) is 23.2 Å². The van der Waals surface area contributed by atoms with Crippen LogP contribution in [0, 0.1) is 0 Å². The monoisotopic (exact) mass is 239 g/mol. The molecule has 0 radical (unpaired) electrons. The lowest BCUT2D eigenvalue weighted by atomic mass is 10.2. The van der Waals surface area contributed by atoms with Crippen LogP contribution in [0.1, 0.15) is 12.8 Å². The molecule has 86 valence electrons. The van der Waals surface area contributed by atoms with Gasteiger partial charge in [-0.1, -0.05) is 0 Å². The second kappa shape index (κ2) is 3.43. The van der Waals surface area contributed by atoms with Gasteiger partial charge in [-0.2, -0.15) is 0 Å². The lowest BCUT2D eigenvalue weighted by molar-refractivity contribution is 0.575. The fourth-order valence-corrected chi connectivity index (χ4v) is 3.65.